The van der Waals surface area contributed by atoms with Gasteiger partial charge in [-0.1, -0.05) is 6.07 Å². The number of aliphatic hydroxyl groups is 1. The van der Waals surface area contributed by atoms with Gasteiger partial charge in [-0.3, -0.25) is 4.68 Å². The second-order valence-electron chi connectivity index (χ2n) is 3.57. The first-order chi connectivity index (χ1) is 8.62. The normalized spacial score (nSPS) is 11.8. The quantitative estimate of drug-likeness (QED) is 0.806. The van der Waals surface area contributed by atoms with Gasteiger partial charge in [0.1, 0.15) is 4.90 Å². The van der Waals surface area contributed by atoms with Gasteiger partial charge in [0.05, 0.1) is 19.3 Å². The molecule has 2 N–H and O–H groups in total. The molecular weight excluding hydrogens is 274 g/mol. The average Bonchev–Trinajstić information content (AvgIpc) is 2.98. The summed E-state index contributed by atoms with van der Waals surface area (Å²) < 4.78 is 27.7. The molecular formula is C10H13N3O3S2. The first-order valence-corrected chi connectivity index (χ1v) is 7.63. The zero-order chi connectivity index (χ0) is 13.0. The lowest BCUT2D eigenvalue weighted by atomic mass is 10.5. The molecule has 0 radical (unpaired) electrons. The van der Waals surface area contributed by atoms with E-state index in [1.54, 1.807) is 0 Å². The van der Waals surface area contributed by atoms with E-state index < -0.39 is 10.0 Å². The Bertz CT molecular complexity index is 590. The first-order valence-electron chi connectivity index (χ1n) is 5.27. The van der Waals surface area contributed by atoms with Crippen molar-refractivity contribution in [2.45, 2.75) is 18.0 Å². The summed E-state index contributed by atoms with van der Waals surface area (Å²) in [6.45, 7) is 0.468. The molecule has 0 spiro atoms. The van der Waals surface area contributed by atoms with Crippen molar-refractivity contribution in [3.8, 4) is 0 Å². The summed E-state index contributed by atoms with van der Waals surface area (Å²) in [4.78, 5) is 1.05. The lowest BCUT2D eigenvalue weighted by Crippen LogP contribution is -2.22. The Balaban J connectivity index is 2.05. The van der Waals surface area contributed by atoms with E-state index in [9.17, 15) is 8.42 Å². The van der Waals surface area contributed by atoms with Gasteiger partial charge < -0.3 is 5.11 Å². The van der Waals surface area contributed by atoms with Crippen LogP contribution in [0, 0.1) is 0 Å². The average molecular weight is 287 g/mol. The minimum atomic E-state index is -3.54. The minimum Gasteiger partial charge on any atom is -0.394 e. The topological polar surface area (TPSA) is 84.2 Å². The molecule has 0 unspecified atom stereocenters. The Morgan fingerprint density at radius 2 is 2.33 bits per heavy atom. The largest absolute Gasteiger partial charge is 0.394 e. The van der Waals surface area contributed by atoms with Crippen molar-refractivity contribution in [2.24, 2.45) is 0 Å². The van der Waals surface area contributed by atoms with E-state index in [1.165, 1.54) is 28.4 Å². The van der Waals surface area contributed by atoms with Crippen LogP contribution < -0.4 is 4.72 Å². The number of aromatic nitrogens is 2. The number of hydrogen-bond donors (Lipinski definition) is 2. The molecule has 0 amide bonds. The fourth-order valence-electron chi connectivity index (χ4n) is 1.37. The van der Waals surface area contributed by atoms with E-state index in [0.29, 0.717) is 0 Å². The van der Waals surface area contributed by atoms with Crippen LogP contribution in [0.5, 0.6) is 0 Å². The fraction of sp³-hybridized carbons (Fsp3) is 0.300. The number of aliphatic hydroxyl groups excluding tert-OH is 1. The number of hydrogen-bond acceptors (Lipinski definition) is 5. The molecule has 98 valence electrons. The molecule has 0 fully saturated rings. The molecule has 0 atom stereocenters. The summed E-state index contributed by atoms with van der Waals surface area (Å²) in [7, 11) is -3.54. The van der Waals surface area contributed by atoms with Gasteiger partial charge in [-0.05, 0) is 11.4 Å². The maximum Gasteiger partial charge on any atom is 0.244 e. The summed E-state index contributed by atoms with van der Waals surface area (Å²) in [6, 6.07) is 3.73. The lowest BCUT2D eigenvalue weighted by molar-refractivity contribution is 0.269. The minimum absolute atomic E-state index is 0.0796. The predicted octanol–water partition coefficient (Wildman–Crippen LogP) is 0.415. The van der Waals surface area contributed by atoms with E-state index in [1.807, 2.05) is 17.5 Å². The maximum absolute atomic E-state index is 11.9. The first kappa shape index (κ1) is 13.2. The van der Waals surface area contributed by atoms with Gasteiger partial charge in [-0.2, -0.15) is 5.10 Å². The number of sulfonamides is 1. The van der Waals surface area contributed by atoms with E-state index >= 15 is 0 Å². The van der Waals surface area contributed by atoms with Crippen LogP contribution in [-0.2, 0) is 23.1 Å². The second kappa shape index (κ2) is 5.61. The van der Waals surface area contributed by atoms with E-state index in [0.717, 1.165) is 4.88 Å². The molecule has 0 saturated heterocycles. The van der Waals surface area contributed by atoms with Crippen LogP contribution in [0.1, 0.15) is 4.88 Å². The van der Waals surface area contributed by atoms with Crippen LogP contribution in [0.2, 0.25) is 0 Å². The van der Waals surface area contributed by atoms with Crippen molar-refractivity contribution in [3.05, 3.63) is 34.8 Å². The van der Waals surface area contributed by atoms with E-state index in [-0.39, 0.29) is 24.6 Å². The summed E-state index contributed by atoms with van der Waals surface area (Å²) >= 11 is 1.49. The highest BCUT2D eigenvalue weighted by atomic mass is 32.2. The maximum atomic E-state index is 11.9. The number of nitrogens with zero attached hydrogens (tertiary/aromatic N) is 2. The van der Waals surface area contributed by atoms with Crippen molar-refractivity contribution in [1.29, 1.82) is 0 Å². The lowest BCUT2D eigenvalue weighted by Gasteiger charge is -2.02. The molecule has 0 aromatic carbocycles. The Kier molecular flexibility index (Phi) is 4.12. The predicted molar refractivity (Wildman–Crippen MR) is 67.7 cm³/mol. The third-order valence-corrected chi connectivity index (χ3v) is 4.50. The van der Waals surface area contributed by atoms with Crippen LogP contribution in [0.15, 0.2) is 34.8 Å². The zero-order valence-electron chi connectivity index (χ0n) is 9.48. The molecule has 2 aromatic heterocycles. The zero-order valence-corrected chi connectivity index (χ0v) is 11.1. The molecule has 0 bridgehead atoms. The molecule has 8 heteroatoms. The highest BCUT2D eigenvalue weighted by Gasteiger charge is 2.16. The second-order valence-corrected chi connectivity index (χ2v) is 6.37. The smallest absolute Gasteiger partial charge is 0.244 e. The standard InChI is InChI=1S/C10H13N3O3S2/c14-4-3-13-8-10(7-11-13)18(15,16)12-6-9-2-1-5-17-9/h1-2,5,7-8,12,14H,3-4,6H2. The van der Waals surface area contributed by atoms with Crippen LogP contribution >= 0.6 is 11.3 Å². The SMILES string of the molecule is O=S(=O)(NCc1cccs1)c1cnn(CCO)c1. The highest BCUT2D eigenvalue weighted by Crippen LogP contribution is 2.11. The van der Waals surface area contributed by atoms with Crippen LogP contribution in [0.4, 0.5) is 0 Å². The van der Waals surface area contributed by atoms with Gasteiger partial charge in [-0.15, -0.1) is 11.3 Å². The van der Waals surface area contributed by atoms with Crippen LogP contribution in [0.3, 0.4) is 0 Å². The third kappa shape index (κ3) is 3.16. The van der Waals surface area contributed by atoms with Gasteiger partial charge in [0.15, 0.2) is 0 Å². The van der Waals surface area contributed by atoms with Crippen molar-refractivity contribution >= 4 is 21.4 Å². The Morgan fingerprint density at radius 1 is 1.50 bits per heavy atom. The molecule has 2 aromatic rings. The van der Waals surface area contributed by atoms with Crippen molar-refractivity contribution < 1.29 is 13.5 Å². The van der Waals surface area contributed by atoms with Gasteiger partial charge in [0, 0.05) is 17.6 Å². The van der Waals surface area contributed by atoms with Crippen molar-refractivity contribution in [3.63, 3.8) is 0 Å². The van der Waals surface area contributed by atoms with Crippen LogP contribution in [0.25, 0.3) is 0 Å². The summed E-state index contributed by atoms with van der Waals surface area (Å²) in [5, 5.41) is 14.5. The number of nitrogens with one attached hydrogen (secondary N) is 1. The van der Waals surface area contributed by atoms with E-state index in [4.69, 9.17) is 5.11 Å². The van der Waals surface area contributed by atoms with Crippen LogP contribution in [-0.4, -0.2) is 29.9 Å². The summed E-state index contributed by atoms with van der Waals surface area (Å²) in [5.41, 5.74) is 0. The molecule has 2 rings (SSSR count). The van der Waals surface area contributed by atoms with Gasteiger partial charge in [0.25, 0.3) is 0 Å². The Morgan fingerprint density at radius 3 is 3.00 bits per heavy atom. The number of thiophene rings is 1. The van der Waals surface area contributed by atoms with Crippen molar-refractivity contribution in [1.82, 2.24) is 14.5 Å². The molecule has 0 saturated carbocycles. The molecule has 2 heterocycles. The number of rotatable bonds is 6. The Hall–Kier alpha value is -1.22. The van der Waals surface area contributed by atoms with Gasteiger partial charge in [0.2, 0.25) is 10.0 Å². The summed E-state index contributed by atoms with van der Waals surface area (Å²) in [5.74, 6) is 0. The van der Waals surface area contributed by atoms with Gasteiger partial charge in [-0.25, -0.2) is 13.1 Å². The van der Waals surface area contributed by atoms with E-state index in [2.05, 4.69) is 9.82 Å². The molecule has 6 nitrogen and oxygen atoms in total. The van der Waals surface area contributed by atoms with Crippen molar-refractivity contribution in [2.75, 3.05) is 6.61 Å². The third-order valence-electron chi connectivity index (χ3n) is 2.27. The molecule has 0 aliphatic carbocycles. The monoisotopic (exact) mass is 287 g/mol. The molecule has 0 aliphatic heterocycles. The fourth-order valence-corrected chi connectivity index (χ4v) is 3.07. The van der Waals surface area contributed by atoms with Gasteiger partial charge >= 0.3 is 0 Å². The molecule has 18 heavy (non-hydrogen) atoms. The highest BCUT2D eigenvalue weighted by molar-refractivity contribution is 7.89. The summed E-state index contributed by atoms with van der Waals surface area (Å²) in [6.07, 6.45) is 2.67. The molecule has 0 aliphatic rings. The Labute approximate surface area is 109 Å².